The molecule has 0 aliphatic carbocycles. The number of aliphatic hydroxyl groups is 1. The van der Waals surface area contributed by atoms with Crippen molar-refractivity contribution in [1.82, 2.24) is 9.80 Å². The Bertz CT molecular complexity index is 1740. The minimum Gasteiger partial charge on any atom is -0.504 e. The van der Waals surface area contributed by atoms with Gasteiger partial charge in [-0.15, -0.1) is 0 Å². The number of nitrogens with zero attached hydrogens (tertiary/aromatic N) is 2. The zero-order valence-corrected chi connectivity index (χ0v) is 27.2. The van der Waals surface area contributed by atoms with Gasteiger partial charge in [0.05, 0.1) is 25.2 Å². The number of esters is 2. The maximum Gasteiger partial charge on any atom is 0.308 e. The van der Waals surface area contributed by atoms with Gasteiger partial charge in [0.25, 0.3) is 0 Å². The van der Waals surface area contributed by atoms with Crippen molar-refractivity contribution in [2.24, 2.45) is 0 Å². The number of aromatic hydroxyl groups is 1. The van der Waals surface area contributed by atoms with Crippen molar-refractivity contribution in [3.05, 3.63) is 75.3 Å². The summed E-state index contributed by atoms with van der Waals surface area (Å²) in [4.78, 5) is 29.7. The van der Waals surface area contributed by atoms with E-state index in [2.05, 4.69) is 4.90 Å². The van der Waals surface area contributed by atoms with Gasteiger partial charge in [-0.25, -0.2) is 0 Å². The summed E-state index contributed by atoms with van der Waals surface area (Å²) in [5.41, 5.74) is 5.55. The molecule has 4 aliphatic heterocycles. The zero-order chi connectivity index (χ0) is 33.1. The molecule has 0 spiro atoms. The molecule has 0 aromatic heterocycles. The van der Waals surface area contributed by atoms with Crippen LogP contribution in [0.3, 0.4) is 0 Å². The first kappa shape index (κ1) is 31.3. The summed E-state index contributed by atoms with van der Waals surface area (Å²) in [6.07, 6.45) is 0.600. The van der Waals surface area contributed by atoms with Gasteiger partial charge in [-0.05, 0) is 56.8 Å². The predicted molar refractivity (Wildman–Crippen MR) is 170 cm³/mol. The standard InChI is InChI=1S/C36H40N2O9/c1-18-13-22-14-25-36(42)38-24(30(37(25)4)28(22)31(41)32(18)43-5)15-23-29(35-34(45-17-46-35)19(2)33(23)47-20(3)39)26(38)16-44-27(40)12-11-21-9-7-6-8-10-21/h6-10,13,24-26,30,36,41-42H,11-12,14-17H2,1-5H3/t24?,25-,26+,30-,36?/m1/s1. The lowest BCUT2D eigenvalue weighted by Crippen LogP contribution is -2.68. The second-order valence-electron chi connectivity index (χ2n) is 12.9. The van der Waals surface area contributed by atoms with E-state index in [-0.39, 0.29) is 43.6 Å². The summed E-state index contributed by atoms with van der Waals surface area (Å²) >= 11 is 0. The molecule has 2 bridgehead atoms. The van der Waals surface area contributed by atoms with Crippen molar-refractivity contribution in [2.45, 2.75) is 76.8 Å². The van der Waals surface area contributed by atoms with Crippen LogP contribution >= 0.6 is 0 Å². The molecular formula is C36H40N2O9. The Hall–Kier alpha value is -4.32. The van der Waals surface area contributed by atoms with Gasteiger partial charge in [0, 0.05) is 41.6 Å². The monoisotopic (exact) mass is 644 g/mol. The van der Waals surface area contributed by atoms with E-state index in [1.807, 2.05) is 62.2 Å². The molecule has 1 saturated heterocycles. The number of benzene rings is 3. The topological polar surface area (TPSA) is 127 Å². The maximum absolute atomic E-state index is 13.2. The van der Waals surface area contributed by atoms with Crippen molar-refractivity contribution in [1.29, 1.82) is 0 Å². The molecule has 11 nitrogen and oxygen atoms in total. The van der Waals surface area contributed by atoms with E-state index >= 15 is 0 Å². The van der Waals surface area contributed by atoms with E-state index < -0.39 is 24.3 Å². The lowest BCUT2D eigenvalue weighted by Gasteiger charge is -2.60. The average Bonchev–Trinajstić information content (AvgIpc) is 3.54. The maximum atomic E-state index is 13.2. The third kappa shape index (κ3) is 5.08. The van der Waals surface area contributed by atoms with Gasteiger partial charge < -0.3 is 33.9 Å². The van der Waals surface area contributed by atoms with Gasteiger partial charge in [0.1, 0.15) is 18.6 Å². The van der Waals surface area contributed by atoms with Crippen LogP contribution < -0.4 is 18.9 Å². The van der Waals surface area contributed by atoms with Crippen LogP contribution in [0.15, 0.2) is 36.4 Å². The number of aryl methyl sites for hydroxylation is 2. The molecule has 11 heteroatoms. The summed E-state index contributed by atoms with van der Waals surface area (Å²) in [6.45, 7) is 4.97. The van der Waals surface area contributed by atoms with Gasteiger partial charge in [-0.2, -0.15) is 0 Å². The molecular weight excluding hydrogens is 604 g/mol. The van der Waals surface area contributed by atoms with Gasteiger partial charge in [-0.3, -0.25) is 19.4 Å². The zero-order valence-electron chi connectivity index (χ0n) is 27.2. The van der Waals surface area contributed by atoms with Crippen molar-refractivity contribution < 1.29 is 43.5 Å². The Morgan fingerprint density at radius 2 is 1.77 bits per heavy atom. The number of carbonyl (C=O) groups is 2. The van der Waals surface area contributed by atoms with Crippen molar-refractivity contribution >= 4 is 11.9 Å². The highest BCUT2D eigenvalue weighted by Gasteiger charge is 2.56. The van der Waals surface area contributed by atoms with E-state index in [1.165, 1.54) is 14.0 Å². The molecule has 2 N–H and O–H groups in total. The van der Waals surface area contributed by atoms with E-state index in [0.717, 1.165) is 27.8 Å². The van der Waals surface area contributed by atoms with Gasteiger partial charge in [0.15, 0.2) is 23.0 Å². The Labute approximate surface area is 273 Å². The van der Waals surface area contributed by atoms with E-state index in [9.17, 15) is 19.8 Å². The van der Waals surface area contributed by atoms with Gasteiger partial charge >= 0.3 is 11.9 Å². The first-order valence-corrected chi connectivity index (χ1v) is 16.0. The lowest BCUT2D eigenvalue weighted by molar-refractivity contribution is -0.183. The molecule has 3 aromatic carbocycles. The molecule has 4 heterocycles. The number of phenolic OH excluding ortho intramolecular Hbond substituents is 1. The SMILES string of the molecule is COc1c(C)cc2c(c1O)[C@H]1C3Cc4c(OC(C)=O)c(C)c5c(c4[C@H](COC(=O)CCc4ccccc4)N3C(O)[C@@H](C2)N1C)OCO5. The smallest absolute Gasteiger partial charge is 0.308 e. The molecule has 5 atom stereocenters. The van der Waals surface area contributed by atoms with Crippen LogP contribution in [0.4, 0.5) is 0 Å². The second kappa shape index (κ2) is 12.0. The largest absolute Gasteiger partial charge is 0.504 e. The van der Waals surface area contributed by atoms with Crippen LogP contribution in [-0.2, 0) is 33.6 Å². The lowest BCUT2D eigenvalue weighted by atomic mass is 9.73. The number of aliphatic hydroxyl groups excluding tert-OH is 1. The summed E-state index contributed by atoms with van der Waals surface area (Å²) in [5.74, 6) is 0.963. The number of hydrogen-bond acceptors (Lipinski definition) is 11. The summed E-state index contributed by atoms with van der Waals surface area (Å²) in [7, 11) is 3.49. The highest BCUT2D eigenvalue weighted by Crippen LogP contribution is 2.58. The number of piperazine rings is 1. The molecule has 3 aromatic rings. The first-order chi connectivity index (χ1) is 22.6. The number of likely N-dealkylation sites (N-methyl/N-ethyl adjacent to an activating group) is 1. The first-order valence-electron chi connectivity index (χ1n) is 16.0. The average molecular weight is 645 g/mol. The Balaban J connectivity index is 1.35. The second-order valence-corrected chi connectivity index (χ2v) is 12.9. The molecule has 7 rings (SSSR count). The number of carbonyl (C=O) groups excluding carboxylic acids is 2. The highest BCUT2D eigenvalue weighted by atomic mass is 16.7. The third-order valence-corrected chi connectivity index (χ3v) is 10.2. The van der Waals surface area contributed by atoms with Crippen LogP contribution in [0.25, 0.3) is 0 Å². The van der Waals surface area contributed by atoms with Crippen LogP contribution in [-0.4, -0.2) is 77.8 Å². The Kier molecular flexibility index (Phi) is 8.02. The van der Waals surface area contributed by atoms with E-state index in [4.69, 9.17) is 23.7 Å². The summed E-state index contributed by atoms with van der Waals surface area (Å²) in [6, 6.07) is 9.99. The third-order valence-electron chi connectivity index (χ3n) is 10.2. The Morgan fingerprint density at radius 1 is 1.02 bits per heavy atom. The highest BCUT2D eigenvalue weighted by molar-refractivity contribution is 5.74. The number of methoxy groups -OCH3 is 1. The fourth-order valence-electron chi connectivity index (χ4n) is 8.22. The van der Waals surface area contributed by atoms with Gasteiger partial charge in [0.2, 0.25) is 6.79 Å². The Morgan fingerprint density at radius 3 is 2.49 bits per heavy atom. The number of ether oxygens (including phenoxy) is 5. The number of fused-ring (bicyclic) bond motifs is 9. The number of rotatable bonds is 7. The van der Waals surface area contributed by atoms with Crippen LogP contribution in [0.5, 0.6) is 28.7 Å². The minimum absolute atomic E-state index is 0.0178. The molecule has 47 heavy (non-hydrogen) atoms. The molecule has 1 fully saturated rings. The van der Waals surface area contributed by atoms with Crippen molar-refractivity contribution in [3.63, 3.8) is 0 Å². The molecule has 0 amide bonds. The normalized spacial score (nSPS) is 24.2. The number of hydrogen-bond donors (Lipinski definition) is 2. The number of phenols is 1. The van der Waals surface area contributed by atoms with Crippen LogP contribution in [0, 0.1) is 13.8 Å². The van der Waals surface area contributed by atoms with Gasteiger partial charge in [-0.1, -0.05) is 36.4 Å². The van der Waals surface area contributed by atoms with Crippen molar-refractivity contribution in [3.8, 4) is 28.7 Å². The summed E-state index contributed by atoms with van der Waals surface area (Å²) < 4.78 is 29.4. The van der Waals surface area contributed by atoms with E-state index in [1.54, 1.807) is 0 Å². The van der Waals surface area contributed by atoms with E-state index in [0.29, 0.717) is 53.4 Å². The summed E-state index contributed by atoms with van der Waals surface area (Å²) in [5, 5.41) is 23.8. The van der Waals surface area contributed by atoms with Crippen LogP contribution in [0.2, 0.25) is 0 Å². The molecule has 0 radical (unpaired) electrons. The van der Waals surface area contributed by atoms with Crippen LogP contribution in [0.1, 0.15) is 64.4 Å². The molecule has 0 saturated carbocycles. The molecule has 2 unspecified atom stereocenters. The predicted octanol–water partition coefficient (Wildman–Crippen LogP) is 4.05. The fraction of sp³-hybridized carbons (Fsp3) is 0.444. The molecule has 248 valence electrons. The minimum atomic E-state index is -0.962. The van der Waals surface area contributed by atoms with Crippen molar-refractivity contribution in [2.75, 3.05) is 27.6 Å². The molecule has 4 aliphatic rings. The quantitative estimate of drug-likeness (QED) is 0.286. The fourth-order valence-corrected chi connectivity index (χ4v) is 8.22.